The van der Waals surface area contributed by atoms with Crippen LogP contribution in [0.3, 0.4) is 0 Å². The Kier molecular flexibility index (Phi) is 5.53. The Labute approximate surface area is 144 Å². The fourth-order valence-electron chi connectivity index (χ4n) is 2.03. The number of hydrogen-bond donors (Lipinski definition) is 1. The standard InChI is InChI=1S/C17H19N3O5/c1-10-5-6-12(16(22)24-4)9-14(10)18-15(21)11(2)25-17(23)13-7-8-20(3)19-13/h5-9,11H,1-4H3,(H,18,21). The molecule has 0 saturated carbocycles. The molecule has 0 bridgehead atoms. The van der Waals surface area contributed by atoms with Gasteiger partial charge in [-0.25, -0.2) is 9.59 Å². The number of carbonyl (C=O) groups excluding carboxylic acids is 3. The first kappa shape index (κ1) is 18.2. The number of nitrogens with zero attached hydrogens (tertiary/aromatic N) is 2. The van der Waals surface area contributed by atoms with E-state index in [-0.39, 0.29) is 5.69 Å². The molecule has 0 fully saturated rings. The van der Waals surface area contributed by atoms with Crippen LogP contribution in [0, 0.1) is 6.92 Å². The quantitative estimate of drug-likeness (QED) is 0.828. The van der Waals surface area contributed by atoms with E-state index >= 15 is 0 Å². The molecule has 1 amide bonds. The smallest absolute Gasteiger partial charge is 0.359 e. The zero-order valence-electron chi connectivity index (χ0n) is 14.4. The molecule has 1 aromatic carbocycles. The van der Waals surface area contributed by atoms with Crippen LogP contribution in [0.15, 0.2) is 30.5 Å². The highest BCUT2D eigenvalue weighted by Gasteiger charge is 2.21. The number of nitrogens with one attached hydrogen (secondary N) is 1. The molecule has 2 rings (SSSR count). The third-order valence-electron chi connectivity index (χ3n) is 3.49. The average Bonchev–Trinajstić information content (AvgIpc) is 3.02. The molecular weight excluding hydrogens is 326 g/mol. The Morgan fingerprint density at radius 3 is 2.52 bits per heavy atom. The van der Waals surface area contributed by atoms with Gasteiger partial charge in [0, 0.05) is 18.9 Å². The Balaban J connectivity index is 2.05. The van der Waals surface area contributed by atoms with Crippen molar-refractivity contribution in [3.05, 3.63) is 47.3 Å². The van der Waals surface area contributed by atoms with Crippen molar-refractivity contribution in [2.45, 2.75) is 20.0 Å². The predicted octanol–water partition coefficient (Wildman–Crippen LogP) is 1.70. The van der Waals surface area contributed by atoms with Crippen LogP contribution < -0.4 is 5.32 Å². The van der Waals surface area contributed by atoms with Crippen LogP contribution >= 0.6 is 0 Å². The zero-order valence-corrected chi connectivity index (χ0v) is 14.4. The second-order valence-corrected chi connectivity index (χ2v) is 5.43. The van der Waals surface area contributed by atoms with E-state index < -0.39 is 23.9 Å². The van der Waals surface area contributed by atoms with Crippen LogP contribution in [0.5, 0.6) is 0 Å². The maximum atomic E-state index is 12.3. The van der Waals surface area contributed by atoms with Crippen LogP contribution in [0.1, 0.15) is 33.3 Å². The molecule has 25 heavy (non-hydrogen) atoms. The summed E-state index contributed by atoms with van der Waals surface area (Å²) in [5, 5.41) is 6.56. The van der Waals surface area contributed by atoms with Crippen LogP contribution in [-0.2, 0) is 21.3 Å². The highest BCUT2D eigenvalue weighted by molar-refractivity contribution is 5.98. The van der Waals surface area contributed by atoms with Gasteiger partial charge in [0.25, 0.3) is 5.91 Å². The zero-order chi connectivity index (χ0) is 18.6. The van der Waals surface area contributed by atoms with Crippen molar-refractivity contribution in [2.24, 2.45) is 7.05 Å². The third-order valence-corrected chi connectivity index (χ3v) is 3.49. The lowest BCUT2D eigenvalue weighted by molar-refractivity contribution is -0.123. The van der Waals surface area contributed by atoms with Crippen LogP contribution in [0.2, 0.25) is 0 Å². The van der Waals surface area contributed by atoms with Gasteiger partial charge >= 0.3 is 11.9 Å². The molecule has 0 spiro atoms. The summed E-state index contributed by atoms with van der Waals surface area (Å²) >= 11 is 0. The lowest BCUT2D eigenvalue weighted by Crippen LogP contribution is -2.30. The first-order valence-corrected chi connectivity index (χ1v) is 7.52. The number of aryl methyl sites for hydroxylation is 2. The van der Waals surface area contributed by atoms with Crippen molar-refractivity contribution in [2.75, 3.05) is 12.4 Å². The van der Waals surface area contributed by atoms with Gasteiger partial charge in [-0.15, -0.1) is 0 Å². The first-order chi connectivity index (χ1) is 11.8. The van der Waals surface area contributed by atoms with E-state index in [9.17, 15) is 14.4 Å². The average molecular weight is 345 g/mol. The highest BCUT2D eigenvalue weighted by atomic mass is 16.5. The maximum Gasteiger partial charge on any atom is 0.359 e. The number of esters is 2. The van der Waals surface area contributed by atoms with Gasteiger partial charge in [-0.1, -0.05) is 6.07 Å². The summed E-state index contributed by atoms with van der Waals surface area (Å²) < 4.78 is 11.2. The molecule has 1 heterocycles. The number of methoxy groups -OCH3 is 1. The normalized spacial score (nSPS) is 11.5. The third kappa shape index (κ3) is 4.43. The lowest BCUT2D eigenvalue weighted by atomic mass is 10.1. The molecule has 1 unspecified atom stereocenters. The van der Waals surface area contributed by atoms with Crippen LogP contribution in [0.4, 0.5) is 5.69 Å². The molecule has 8 heteroatoms. The Bertz CT molecular complexity index is 812. The Morgan fingerprint density at radius 2 is 1.92 bits per heavy atom. The number of rotatable bonds is 5. The molecule has 0 saturated heterocycles. The first-order valence-electron chi connectivity index (χ1n) is 7.52. The second kappa shape index (κ2) is 7.61. The fourth-order valence-corrected chi connectivity index (χ4v) is 2.03. The molecule has 2 aromatic rings. The number of carbonyl (C=O) groups is 3. The summed E-state index contributed by atoms with van der Waals surface area (Å²) in [6.45, 7) is 3.23. The monoisotopic (exact) mass is 345 g/mol. The van der Waals surface area contributed by atoms with E-state index in [1.165, 1.54) is 30.8 Å². The lowest BCUT2D eigenvalue weighted by Gasteiger charge is -2.14. The highest BCUT2D eigenvalue weighted by Crippen LogP contribution is 2.18. The van der Waals surface area contributed by atoms with Gasteiger partial charge in [0.1, 0.15) is 0 Å². The summed E-state index contributed by atoms with van der Waals surface area (Å²) in [4.78, 5) is 35.8. The summed E-state index contributed by atoms with van der Waals surface area (Å²) in [5.74, 6) is -1.72. The number of aromatic nitrogens is 2. The van der Waals surface area contributed by atoms with Gasteiger partial charge in [-0.2, -0.15) is 5.10 Å². The number of benzene rings is 1. The van der Waals surface area contributed by atoms with Crippen LogP contribution in [-0.4, -0.2) is 40.8 Å². The van der Waals surface area contributed by atoms with E-state index in [0.717, 1.165) is 5.56 Å². The fraction of sp³-hybridized carbons (Fsp3) is 0.294. The largest absolute Gasteiger partial charge is 0.465 e. The van der Waals surface area contributed by atoms with E-state index in [0.29, 0.717) is 11.3 Å². The predicted molar refractivity (Wildman–Crippen MR) is 89.2 cm³/mol. The number of hydrogen-bond acceptors (Lipinski definition) is 6. The molecule has 0 aliphatic rings. The molecule has 0 aliphatic heterocycles. The van der Waals surface area contributed by atoms with Gasteiger partial charge in [-0.3, -0.25) is 9.48 Å². The maximum absolute atomic E-state index is 12.3. The van der Waals surface area contributed by atoms with Crippen LogP contribution in [0.25, 0.3) is 0 Å². The number of anilines is 1. The van der Waals surface area contributed by atoms with Crippen molar-refractivity contribution in [3.63, 3.8) is 0 Å². The molecule has 1 atom stereocenters. The molecule has 1 N–H and O–H groups in total. The molecular formula is C17H19N3O5. The van der Waals surface area contributed by atoms with Crippen molar-refractivity contribution in [3.8, 4) is 0 Å². The summed E-state index contributed by atoms with van der Waals surface area (Å²) in [6, 6.07) is 6.29. The van der Waals surface area contributed by atoms with Gasteiger partial charge in [0.05, 0.1) is 12.7 Å². The molecule has 132 valence electrons. The minimum absolute atomic E-state index is 0.117. The van der Waals surface area contributed by atoms with Gasteiger partial charge in [0.15, 0.2) is 11.8 Å². The Hall–Kier alpha value is -3.16. The number of amides is 1. The van der Waals surface area contributed by atoms with Gasteiger partial charge < -0.3 is 14.8 Å². The van der Waals surface area contributed by atoms with Gasteiger partial charge in [-0.05, 0) is 37.6 Å². The molecule has 0 aliphatic carbocycles. The second-order valence-electron chi connectivity index (χ2n) is 5.43. The summed E-state index contributed by atoms with van der Waals surface area (Å²) in [7, 11) is 2.95. The van der Waals surface area contributed by atoms with Crippen molar-refractivity contribution >= 4 is 23.5 Å². The molecule has 0 radical (unpaired) electrons. The minimum Gasteiger partial charge on any atom is -0.465 e. The van der Waals surface area contributed by atoms with E-state index in [4.69, 9.17) is 4.74 Å². The van der Waals surface area contributed by atoms with Gasteiger partial charge in [0.2, 0.25) is 0 Å². The van der Waals surface area contributed by atoms with Crippen molar-refractivity contribution < 1.29 is 23.9 Å². The van der Waals surface area contributed by atoms with E-state index in [1.807, 2.05) is 0 Å². The van der Waals surface area contributed by atoms with Crippen molar-refractivity contribution in [1.82, 2.24) is 9.78 Å². The van der Waals surface area contributed by atoms with Crippen molar-refractivity contribution in [1.29, 1.82) is 0 Å². The summed E-state index contributed by atoms with van der Waals surface area (Å²) in [5.41, 5.74) is 1.62. The van der Waals surface area contributed by atoms with E-state index in [1.54, 1.807) is 32.3 Å². The SMILES string of the molecule is COC(=O)c1ccc(C)c(NC(=O)C(C)OC(=O)c2ccn(C)n2)c1. The summed E-state index contributed by atoms with van der Waals surface area (Å²) in [6.07, 6.45) is 0.568. The molecule has 8 nitrogen and oxygen atoms in total. The Morgan fingerprint density at radius 1 is 1.20 bits per heavy atom. The van der Waals surface area contributed by atoms with E-state index in [2.05, 4.69) is 15.2 Å². The minimum atomic E-state index is -1.03. The topological polar surface area (TPSA) is 99.5 Å². The number of ether oxygens (including phenoxy) is 2. The molecule has 1 aromatic heterocycles.